The van der Waals surface area contributed by atoms with Gasteiger partial charge in [-0.25, -0.2) is 4.39 Å². The molecule has 0 bridgehead atoms. The number of likely N-dealkylation sites (tertiary alicyclic amines) is 1. The summed E-state index contributed by atoms with van der Waals surface area (Å²) < 4.78 is 20.4. The van der Waals surface area contributed by atoms with Crippen LogP contribution in [0.2, 0.25) is 0 Å². The van der Waals surface area contributed by atoms with E-state index in [0.717, 1.165) is 64.0 Å². The summed E-state index contributed by atoms with van der Waals surface area (Å²) in [4.78, 5) is 9.04. The third-order valence-electron chi connectivity index (χ3n) is 7.45. The maximum absolute atomic E-state index is 14.8. The molecule has 1 saturated carbocycles. The van der Waals surface area contributed by atoms with Crippen LogP contribution in [-0.2, 0) is 0 Å². The van der Waals surface area contributed by atoms with Gasteiger partial charge < -0.3 is 14.7 Å². The molecule has 0 radical (unpaired) electrons. The second-order valence-corrected chi connectivity index (χ2v) is 9.61. The van der Waals surface area contributed by atoms with Gasteiger partial charge in [0.25, 0.3) is 0 Å². The molecule has 1 atom stereocenters. The molecule has 2 aromatic rings. The van der Waals surface area contributed by atoms with Crippen molar-refractivity contribution in [3.05, 3.63) is 48.5 Å². The van der Waals surface area contributed by atoms with E-state index in [1.54, 1.807) is 36.7 Å². The number of aromatic nitrogens is 1. The maximum Gasteiger partial charge on any atom is 0.167 e. The van der Waals surface area contributed by atoms with Gasteiger partial charge in [-0.3, -0.25) is 9.88 Å². The smallest absolute Gasteiger partial charge is 0.167 e. The van der Waals surface area contributed by atoms with Crippen molar-refractivity contribution in [2.24, 2.45) is 5.41 Å². The molecule has 2 saturated heterocycles. The number of rotatable bonds is 4. The SMILES string of the molecule is OC1CCC(N2CC[C@]3(CCCN(c4ccc(Oc5cccnc5)c(F)c4)C3)C2)CC1. The molecule has 1 aromatic carbocycles. The fourth-order valence-corrected chi connectivity index (χ4v) is 5.77. The van der Waals surface area contributed by atoms with Gasteiger partial charge in [-0.15, -0.1) is 0 Å². The zero-order chi connectivity index (χ0) is 21.3. The first-order chi connectivity index (χ1) is 15.1. The molecule has 2 aliphatic heterocycles. The summed E-state index contributed by atoms with van der Waals surface area (Å²) in [6.45, 7) is 4.25. The summed E-state index contributed by atoms with van der Waals surface area (Å²) in [7, 11) is 0. The summed E-state index contributed by atoms with van der Waals surface area (Å²) in [5.74, 6) is 0.428. The van der Waals surface area contributed by atoms with Crippen molar-refractivity contribution in [3.8, 4) is 11.5 Å². The van der Waals surface area contributed by atoms with Crippen LogP contribution in [0.15, 0.2) is 42.7 Å². The van der Waals surface area contributed by atoms with Crippen molar-refractivity contribution in [2.45, 2.75) is 57.1 Å². The Morgan fingerprint density at radius 3 is 2.71 bits per heavy atom. The van der Waals surface area contributed by atoms with E-state index in [1.807, 2.05) is 6.07 Å². The number of hydrogen-bond acceptors (Lipinski definition) is 5. The van der Waals surface area contributed by atoms with E-state index in [2.05, 4.69) is 14.8 Å². The van der Waals surface area contributed by atoms with Gasteiger partial charge >= 0.3 is 0 Å². The lowest BCUT2D eigenvalue weighted by Gasteiger charge is -2.42. The van der Waals surface area contributed by atoms with Gasteiger partial charge in [0.05, 0.1) is 12.3 Å². The fourth-order valence-electron chi connectivity index (χ4n) is 5.77. The van der Waals surface area contributed by atoms with Gasteiger partial charge in [-0.2, -0.15) is 0 Å². The highest BCUT2D eigenvalue weighted by Gasteiger charge is 2.43. The Morgan fingerprint density at radius 1 is 1.06 bits per heavy atom. The fraction of sp³-hybridized carbons (Fsp3) is 0.560. The third-order valence-corrected chi connectivity index (χ3v) is 7.45. The normalized spacial score (nSPS) is 29.4. The summed E-state index contributed by atoms with van der Waals surface area (Å²) in [6.07, 6.45) is 10.9. The minimum absolute atomic E-state index is 0.0991. The van der Waals surface area contributed by atoms with Crippen molar-refractivity contribution < 1.29 is 14.2 Å². The van der Waals surface area contributed by atoms with E-state index >= 15 is 0 Å². The lowest BCUT2D eigenvalue weighted by atomic mass is 9.79. The maximum atomic E-state index is 14.8. The van der Waals surface area contributed by atoms with Crippen LogP contribution < -0.4 is 9.64 Å². The van der Waals surface area contributed by atoms with Crippen molar-refractivity contribution in [1.29, 1.82) is 0 Å². The highest BCUT2D eigenvalue weighted by Crippen LogP contribution is 2.42. The molecule has 5 rings (SSSR count). The Bertz CT molecular complexity index is 888. The Hall–Kier alpha value is -2.18. The summed E-state index contributed by atoms with van der Waals surface area (Å²) >= 11 is 0. The van der Waals surface area contributed by atoms with Crippen LogP contribution >= 0.6 is 0 Å². The van der Waals surface area contributed by atoms with Crippen LogP contribution in [0.5, 0.6) is 11.5 Å². The lowest BCUT2D eigenvalue weighted by Crippen LogP contribution is -2.46. The topological polar surface area (TPSA) is 48.8 Å². The molecule has 1 N–H and O–H groups in total. The number of aliphatic hydroxyl groups is 1. The first-order valence-corrected chi connectivity index (χ1v) is 11.6. The van der Waals surface area contributed by atoms with Crippen LogP contribution in [0.4, 0.5) is 10.1 Å². The van der Waals surface area contributed by atoms with Gasteiger partial charge in [0.1, 0.15) is 5.75 Å². The number of aliphatic hydroxyl groups excluding tert-OH is 1. The van der Waals surface area contributed by atoms with Crippen LogP contribution in [0, 0.1) is 11.2 Å². The second-order valence-electron chi connectivity index (χ2n) is 9.61. The molecule has 1 spiro atoms. The average Bonchev–Trinajstić information content (AvgIpc) is 3.19. The zero-order valence-electron chi connectivity index (χ0n) is 18.0. The van der Waals surface area contributed by atoms with E-state index < -0.39 is 0 Å². The molecular formula is C25H32FN3O2. The largest absolute Gasteiger partial charge is 0.453 e. The minimum Gasteiger partial charge on any atom is -0.453 e. The molecule has 1 aromatic heterocycles. The number of nitrogens with zero attached hydrogens (tertiary/aromatic N) is 3. The van der Waals surface area contributed by atoms with Crippen molar-refractivity contribution in [2.75, 3.05) is 31.1 Å². The van der Waals surface area contributed by atoms with Crippen molar-refractivity contribution >= 4 is 5.69 Å². The first kappa shape index (κ1) is 20.7. The molecule has 0 unspecified atom stereocenters. The highest BCUT2D eigenvalue weighted by molar-refractivity contribution is 5.51. The lowest BCUT2D eigenvalue weighted by molar-refractivity contribution is 0.0770. The van der Waals surface area contributed by atoms with Gasteiger partial charge in [0.2, 0.25) is 0 Å². The number of ether oxygens (including phenoxy) is 1. The molecular weight excluding hydrogens is 393 g/mol. The molecule has 3 aliphatic rings. The van der Waals surface area contributed by atoms with E-state index in [9.17, 15) is 9.50 Å². The van der Waals surface area contributed by atoms with Crippen LogP contribution in [0.25, 0.3) is 0 Å². The quantitative estimate of drug-likeness (QED) is 0.775. The molecule has 6 heteroatoms. The van der Waals surface area contributed by atoms with Crippen molar-refractivity contribution in [3.63, 3.8) is 0 Å². The zero-order valence-corrected chi connectivity index (χ0v) is 18.0. The van der Waals surface area contributed by atoms with Crippen molar-refractivity contribution in [1.82, 2.24) is 9.88 Å². The molecule has 3 heterocycles. The summed E-state index contributed by atoms with van der Waals surface area (Å²) in [6, 6.07) is 9.48. The van der Waals surface area contributed by atoms with E-state index in [-0.39, 0.29) is 17.7 Å². The molecule has 1 aliphatic carbocycles. The van der Waals surface area contributed by atoms with Gasteiger partial charge in [-0.1, -0.05) is 0 Å². The molecule has 0 amide bonds. The van der Waals surface area contributed by atoms with Gasteiger partial charge in [0, 0.05) is 49.0 Å². The summed E-state index contributed by atoms with van der Waals surface area (Å²) in [5.41, 5.74) is 1.24. The molecule has 166 valence electrons. The second kappa shape index (κ2) is 8.75. The van der Waals surface area contributed by atoms with E-state index in [0.29, 0.717) is 17.2 Å². The summed E-state index contributed by atoms with van der Waals surface area (Å²) in [5, 5.41) is 9.83. The number of piperidine rings is 1. The standard InChI is InChI=1S/C25H32FN3O2/c26-23-15-20(6-9-24(23)31-22-3-1-12-27-16-22)28-13-2-10-25(17-28)11-14-29(18-25)19-4-7-21(30)8-5-19/h1,3,6,9,12,15-16,19,21,30H,2,4-5,7-8,10-11,13-14,17-18H2/t19?,21?,25-/m0/s1. The number of benzene rings is 1. The molecule has 3 fully saturated rings. The Labute approximate surface area is 183 Å². The van der Waals surface area contributed by atoms with E-state index in [4.69, 9.17) is 4.74 Å². The predicted molar refractivity (Wildman–Crippen MR) is 119 cm³/mol. The molecule has 31 heavy (non-hydrogen) atoms. The number of pyridine rings is 1. The van der Waals surface area contributed by atoms with Gasteiger partial charge in [-0.05, 0) is 75.8 Å². The number of hydrogen-bond donors (Lipinski definition) is 1. The van der Waals surface area contributed by atoms with Gasteiger partial charge in [0.15, 0.2) is 11.6 Å². The average molecular weight is 426 g/mol. The monoisotopic (exact) mass is 425 g/mol. The van der Waals surface area contributed by atoms with Crippen LogP contribution in [-0.4, -0.2) is 53.3 Å². The Balaban J connectivity index is 1.25. The van der Waals surface area contributed by atoms with E-state index in [1.165, 1.54) is 12.8 Å². The first-order valence-electron chi connectivity index (χ1n) is 11.6. The number of halogens is 1. The highest BCUT2D eigenvalue weighted by atomic mass is 19.1. The molecule has 5 nitrogen and oxygen atoms in total. The Morgan fingerprint density at radius 2 is 1.94 bits per heavy atom. The minimum atomic E-state index is -0.338. The number of anilines is 1. The third kappa shape index (κ3) is 4.55. The Kier molecular flexibility index (Phi) is 5.85. The van der Waals surface area contributed by atoms with Crippen LogP contribution in [0.1, 0.15) is 44.9 Å². The predicted octanol–water partition coefficient (Wildman–Crippen LogP) is 4.61. The van der Waals surface area contributed by atoms with Crippen LogP contribution in [0.3, 0.4) is 0 Å².